The molecule has 3 unspecified atom stereocenters. The van der Waals surface area contributed by atoms with Crippen LogP contribution in [-0.4, -0.2) is 23.1 Å². The van der Waals surface area contributed by atoms with Gasteiger partial charge in [-0.15, -0.1) is 11.8 Å². The maximum absolute atomic E-state index is 10.6. The highest BCUT2D eigenvalue weighted by molar-refractivity contribution is 7.99. The van der Waals surface area contributed by atoms with Gasteiger partial charge in [0.2, 0.25) is 0 Å². The SMILES string of the molecule is CCCC(NOCC)=C1C=CC(CC(C)Sc2ccccc2)CC1O. The van der Waals surface area contributed by atoms with Gasteiger partial charge in [-0.3, -0.25) is 10.3 Å². The van der Waals surface area contributed by atoms with E-state index >= 15 is 0 Å². The third-order valence-electron chi connectivity index (χ3n) is 4.34. The van der Waals surface area contributed by atoms with Crippen molar-refractivity contribution in [3.05, 3.63) is 53.8 Å². The van der Waals surface area contributed by atoms with Gasteiger partial charge < -0.3 is 5.11 Å². The van der Waals surface area contributed by atoms with E-state index in [4.69, 9.17) is 4.84 Å². The van der Waals surface area contributed by atoms with Crippen molar-refractivity contribution in [1.82, 2.24) is 5.48 Å². The van der Waals surface area contributed by atoms with Gasteiger partial charge in [0.25, 0.3) is 0 Å². The van der Waals surface area contributed by atoms with E-state index in [-0.39, 0.29) is 0 Å². The third-order valence-corrected chi connectivity index (χ3v) is 5.48. The van der Waals surface area contributed by atoms with Crippen LogP contribution in [0.25, 0.3) is 0 Å². The lowest BCUT2D eigenvalue weighted by molar-refractivity contribution is 0.0677. The molecule has 1 aliphatic carbocycles. The zero-order valence-corrected chi connectivity index (χ0v) is 16.4. The van der Waals surface area contributed by atoms with E-state index in [9.17, 15) is 5.11 Å². The summed E-state index contributed by atoms with van der Waals surface area (Å²) in [6.07, 6.45) is 7.70. The fraction of sp³-hybridized carbons (Fsp3) is 0.524. The summed E-state index contributed by atoms with van der Waals surface area (Å²) >= 11 is 1.90. The van der Waals surface area contributed by atoms with Gasteiger partial charge in [-0.1, -0.05) is 50.6 Å². The van der Waals surface area contributed by atoms with Crippen molar-refractivity contribution >= 4 is 11.8 Å². The largest absolute Gasteiger partial charge is 0.388 e. The molecule has 0 fully saturated rings. The molecule has 0 bridgehead atoms. The van der Waals surface area contributed by atoms with Gasteiger partial charge in [0.1, 0.15) is 0 Å². The van der Waals surface area contributed by atoms with Crippen LogP contribution >= 0.6 is 11.8 Å². The Labute approximate surface area is 156 Å². The predicted molar refractivity (Wildman–Crippen MR) is 106 cm³/mol. The fourth-order valence-corrected chi connectivity index (χ4v) is 4.31. The number of allylic oxidation sites excluding steroid dienone is 2. The zero-order chi connectivity index (χ0) is 18.1. The number of hydrogen-bond donors (Lipinski definition) is 2. The smallest absolute Gasteiger partial charge is 0.0813 e. The molecule has 2 rings (SSSR count). The molecule has 0 heterocycles. The first-order valence-corrected chi connectivity index (χ1v) is 10.2. The molecule has 0 aromatic heterocycles. The topological polar surface area (TPSA) is 41.5 Å². The van der Waals surface area contributed by atoms with E-state index in [0.29, 0.717) is 17.8 Å². The lowest BCUT2D eigenvalue weighted by Gasteiger charge is -2.27. The minimum Gasteiger partial charge on any atom is -0.388 e. The van der Waals surface area contributed by atoms with Gasteiger partial charge in [-0.05, 0) is 44.2 Å². The Balaban J connectivity index is 1.97. The Morgan fingerprint density at radius 1 is 1.32 bits per heavy atom. The first kappa shape index (κ1) is 20.1. The summed E-state index contributed by atoms with van der Waals surface area (Å²) in [5, 5.41) is 11.1. The summed E-state index contributed by atoms with van der Waals surface area (Å²) in [7, 11) is 0. The van der Waals surface area contributed by atoms with Crippen molar-refractivity contribution in [3.8, 4) is 0 Å². The molecular weight excluding hydrogens is 330 g/mol. The monoisotopic (exact) mass is 361 g/mol. The van der Waals surface area contributed by atoms with Crippen molar-refractivity contribution in [2.24, 2.45) is 5.92 Å². The van der Waals surface area contributed by atoms with Crippen molar-refractivity contribution < 1.29 is 9.94 Å². The predicted octanol–water partition coefficient (Wildman–Crippen LogP) is 5.09. The van der Waals surface area contributed by atoms with Gasteiger partial charge >= 0.3 is 0 Å². The van der Waals surface area contributed by atoms with Crippen LogP contribution in [0.5, 0.6) is 0 Å². The van der Waals surface area contributed by atoms with E-state index in [1.54, 1.807) is 0 Å². The van der Waals surface area contributed by atoms with Crippen LogP contribution < -0.4 is 5.48 Å². The van der Waals surface area contributed by atoms with Crippen LogP contribution in [-0.2, 0) is 4.84 Å². The molecule has 2 N–H and O–H groups in total. The first-order valence-electron chi connectivity index (χ1n) is 9.32. The fourth-order valence-electron chi connectivity index (χ4n) is 3.19. The van der Waals surface area contributed by atoms with Gasteiger partial charge in [0, 0.05) is 21.4 Å². The van der Waals surface area contributed by atoms with Gasteiger partial charge in [-0.25, -0.2) is 0 Å². The second-order valence-electron chi connectivity index (χ2n) is 6.57. The second-order valence-corrected chi connectivity index (χ2v) is 8.08. The minimum absolute atomic E-state index is 0.417. The molecule has 3 atom stereocenters. The van der Waals surface area contributed by atoms with Crippen LogP contribution in [0.3, 0.4) is 0 Å². The number of benzene rings is 1. The molecular formula is C21H31NO2S. The standard InChI is InChI=1S/C21H31NO2S/c1-4-9-20(22-24-5-2)19-13-12-17(15-21(19)23)14-16(3)25-18-10-7-6-8-11-18/h6-8,10-13,16-17,21-23H,4-5,9,14-15H2,1-3H3. The Bertz CT molecular complexity index is 571. The number of hydrogen-bond acceptors (Lipinski definition) is 4. The molecule has 0 aliphatic heterocycles. The van der Waals surface area contributed by atoms with E-state index in [0.717, 1.165) is 37.0 Å². The molecule has 138 valence electrons. The van der Waals surface area contributed by atoms with Crippen molar-refractivity contribution in [2.75, 3.05) is 6.61 Å². The molecule has 25 heavy (non-hydrogen) atoms. The summed E-state index contributed by atoms with van der Waals surface area (Å²) in [6, 6.07) is 10.5. The lowest BCUT2D eigenvalue weighted by Crippen LogP contribution is -2.25. The van der Waals surface area contributed by atoms with Gasteiger partial charge in [0.15, 0.2) is 0 Å². The maximum atomic E-state index is 10.6. The number of thioether (sulfide) groups is 1. The molecule has 0 amide bonds. The molecule has 0 radical (unpaired) electrons. The number of aliphatic hydroxyl groups is 1. The highest BCUT2D eigenvalue weighted by Crippen LogP contribution is 2.33. The quantitative estimate of drug-likeness (QED) is 0.475. The zero-order valence-electron chi connectivity index (χ0n) is 15.6. The van der Waals surface area contributed by atoms with E-state index < -0.39 is 6.10 Å². The molecule has 0 spiro atoms. The third kappa shape index (κ3) is 6.53. The van der Waals surface area contributed by atoms with Gasteiger partial charge in [-0.2, -0.15) is 0 Å². The average Bonchev–Trinajstić information content (AvgIpc) is 2.60. The highest BCUT2D eigenvalue weighted by Gasteiger charge is 2.24. The van der Waals surface area contributed by atoms with Crippen molar-refractivity contribution in [1.29, 1.82) is 0 Å². The average molecular weight is 362 g/mol. The minimum atomic E-state index is -0.418. The summed E-state index contributed by atoms with van der Waals surface area (Å²) in [4.78, 5) is 6.66. The summed E-state index contributed by atoms with van der Waals surface area (Å²) in [6.45, 7) is 6.97. The number of nitrogens with one attached hydrogen (secondary N) is 1. The molecule has 1 aromatic carbocycles. The number of aliphatic hydroxyl groups excluding tert-OH is 1. The van der Waals surface area contributed by atoms with Crippen molar-refractivity contribution in [3.63, 3.8) is 0 Å². The van der Waals surface area contributed by atoms with Crippen molar-refractivity contribution in [2.45, 2.75) is 62.7 Å². The Morgan fingerprint density at radius 3 is 2.72 bits per heavy atom. The molecule has 0 saturated heterocycles. The molecule has 1 aliphatic rings. The van der Waals surface area contributed by atoms with E-state index in [1.807, 2.05) is 24.8 Å². The molecule has 1 aromatic rings. The lowest BCUT2D eigenvalue weighted by atomic mass is 9.86. The number of hydroxylamine groups is 1. The van der Waals surface area contributed by atoms with Gasteiger partial charge in [0.05, 0.1) is 12.7 Å². The summed E-state index contributed by atoms with van der Waals surface area (Å²) in [5.41, 5.74) is 5.02. The normalized spacial score (nSPS) is 23.4. The van der Waals surface area contributed by atoms with Crippen LogP contribution in [0.15, 0.2) is 58.6 Å². The highest BCUT2D eigenvalue weighted by atomic mass is 32.2. The number of rotatable bonds is 9. The van der Waals surface area contributed by atoms with Crippen LogP contribution in [0.2, 0.25) is 0 Å². The Kier molecular flexibility index (Phi) is 8.59. The molecule has 3 nitrogen and oxygen atoms in total. The Morgan fingerprint density at radius 2 is 2.08 bits per heavy atom. The Hall–Kier alpha value is -1.23. The summed E-state index contributed by atoms with van der Waals surface area (Å²) in [5.74, 6) is 0.417. The maximum Gasteiger partial charge on any atom is 0.0813 e. The first-order chi connectivity index (χ1) is 12.1. The van der Waals surface area contributed by atoms with Crippen LogP contribution in [0, 0.1) is 5.92 Å². The van der Waals surface area contributed by atoms with Crippen LogP contribution in [0.1, 0.15) is 46.5 Å². The summed E-state index contributed by atoms with van der Waals surface area (Å²) < 4.78 is 0. The second kappa shape index (κ2) is 10.7. The molecule has 4 heteroatoms. The molecule has 0 saturated carbocycles. The van der Waals surface area contributed by atoms with E-state index in [1.165, 1.54) is 4.90 Å². The van der Waals surface area contributed by atoms with E-state index in [2.05, 4.69) is 55.7 Å². The van der Waals surface area contributed by atoms with Crippen LogP contribution in [0.4, 0.5) is 0 Å².